The standard InChI is InChI=1S/C26H36N4O4/c1-16(2)21-14-29(10-11-30(21)22(31)8-9-23(32)33-5)25-19(13-27)18-12-26(3,4)34-15-20(18)24(28-25)17-6-7-17/h16-17,21H,6-12,14-15H2,1-5H3/t21-/m0/s1/i1D3,2D3,10D2,11D2,14D2,16D,21D. The highest BCUT2D eigenvalue weighted by molar-refractivity contribution is 5.82. The zero-order valence-corrected chi connectivity index (χ0v) is 19.2. The maximum absolute atomic E-state index is 13.8. The molecule has 0 bridgehead atoms. The van der Waals surface area contributed by atoms with Crippen LogP contribution in [0.2, 0.25) is 0 Å². The van der Waals surface area contributed by atoms with Crippen LogP contribution in [0.25, 0.3) is 0 Å². The fourth-order valence-corrected chi connectivity index (χ4v) is 3.98. The first-order valence-electron chi connectivity index (χ1n) is 17.9. The van der Waals surface area contributed by atoms with E-state index in [1.54, 1.807) is 13.8 Å². The monoisotopic (exact) mass is 482 g/mol. The Morgan fingerprint density at radius 2 is 2.15 bits per heavy atom. The third-order valence-electron chi connectivity index (χ3n) is 5.89. The van der Waals surface area contributed by atoms with Gasteiger partial charge in [-0.2, -0.15) is 5.26 Å². The number of nitriles is 1. The number of methoxy groups -OCH3 is 1. The number of esters is 1. The maximum Gasteiger partial charge on any atom is 0.306 e. The van der Waals surface area contributed by atoms with Gasteiger partial charge in [-0.1, -0.05) is 13.7 Å². The summed E-state index contributed by atoms with van der Waals surface area (Å²) >= 11 is 0. The molecule has 3 heterocycles. The van der Waals surface area contributed by atoms with E-state index in [1.165, 1.54) is 0 Å². The molecular formula is C26H36N4O4. The number of hydrogen-bond acceptors (Lipinski definition) is 7. The van der Waals surface area contributed by atoms with Gasteiger partial charge in [-0.05, 0) is 38.1 Å². The van der Waals surface area contributed by atoms with E-state index in [1.807, 2.05) is 6.07 Å². The first-order valence-corrected chi connectivity index (χ1v) is 10.9. The lowest BCUT2D eigenvalue weighted by Gasteiger charge is -2.44. The quantitative estimate of drug-likeness (QED) is 0.574. The number of anilines is 1. The number of carbonyl (C=O) groups is 2. The second-order valence-electron chi connectivity index (χ2n) is 8.96. The van der Waals surface area contributed by atoms with Crippen LogP contribution >= 0.6 is 0 Å². The van der Waals surface area contributed by atoms with Crippen molar-refractivity contribution in [3.63, 3.8) is 0 Å². The number of aromatic nitrogens is 1. The molecule has 0 N–H and O–H groups in total. The molecule has 8 nitrogen and oxygen atoms in total. The van der Waals surface area contributed by atoms with Crippen LogP contribution in [-0.4, -0.2) is 60.0 Å². The Morgan fingerprint density at radius 1 is 1.38 bits per heavy atom. The summed E-state index contributed by atoms with van der Waals surface area (Å²) in [4.78, 5) is 29.5. The third-order valence-corrected chi connectivity index (χ3v) is 5.89. The van der Waals surface area contributed by atoms with Crippen molar-refractivity contribution >= 4 is 17.7 Å². The molecule has 0 aromatic carbocycles. The molecular weight excluding hydrogens is 432 g/mol. The van der Waals surface area contributed by atoms with Gasteiger partial charge < -0.3 is 19.3 Å². The van der Waals surface area contributed by atoms with Gasteiger partial charge in [0.15, 0.2) is 0 Å². The summed E-state index contributed by atoms with van der Waals surface area (Å²) in [7, 11) is 0.955. The molecule has 1 saturated heterocycles. The first kappa shape index (κ1) is 12.3. The number of fused-ring (bicyclic) bond motifs is 1. The summed E-state index contributed by atoms with van der Waals surface area (Å²) in [5.74, 6) is -8.26. The van der Waals surface area contributed by atoms with Crippen LogP contribution in [-0.2, 0) is 32.1 Å². The summed E-state index contributed by atoms with van der Waals surface area (Å²) in [6.07, 6.45) is -0.683. The number of ether oxygens (including phenoxy) is 2. The second kappa shape index (κ2) is 9.53. The Morgan fingerprint density at radius 3 is 2.79 bits per heavy atom. The zero-order chi connectivity index (χ0) is 36.8. The molecule has 0 spiro atoms. The lowest BCUT2D eigenvalue weighted by Crippen LogP contribution is -2.57. The average molecular weight is 483 g/mol. The van der Waals surface area contributed by atoms with Crippen molar-refractivity contribution in [3.8, 4) is 6.07 Å². The van der Waals surface area contributed by atoms with Crippen LogP contribution in [0.15, 0.2) is 0 Å². The number of carbonyl (C=O) groups excluding carboxylic acids is 2. The molecule has 184 valence electrons. The Labute approximate surface area is 221 Å². The number of amides is 1. The summed E-state index contributed by atoms with van der Waals surface area (Å²) in [5.41, 5.74) is -0.315. The lowest BCUT2D eigenvalue weighted by atomic mass is 9.87. The van der Waals surface area contributed by atoms with Crippen molar-refractivity contribution in [2.75, 3.05) is 31.5 Å². The van der Waals surface area contributed by atoms with Gasteiger partial charge in [0.05, 0.1) is 52.6 Å². The Bertz CT molecular complexity index is 1540. The van der Waals surface area contributed by atoms with Crippen LogP contribution in [0.1, 0.15) is 101 Å². The highest BCUT2D eigenvalue weighted by Gasteiger charge is 2.39. The fourth-order valence-electron chi connectivity index (χ4n) is 3.98. The molecule has 2 aliphatic heterocycles. The van der Waals surface area contributed by atoms with Crippen molar-refractivity contribution in [2.45, 2.75) is 83.8 Å². The van der Waals surface area contributed by atoms with E-state index in [-0.39, 0.29) is 35.1 Å². The van der Waals surface area contributed by atoms with E-state index >= 15 is 0 Å². The van der Waals surface area contributed by atoms with Gasteiger partial charge in [-0.15, -0.1) is 0 Å². The van der Waals surface area contributed by atoms with E-state index in [2.05, 4.69) is 9.72 Å². The van der Waals surface area contributed by atoms with Crippen molar-refractivity contribution in [1.82, 2.24) is 9.88 Å². The van der Waals surface area contributed by atoms with Crippen LogP contribution in [0, 0.1) is 17.2 Å². The molecule has 1 saturated carbocycles. The smallest absolute Gasteiger partial charge is 0.306 e. The largest absolute Gasteiger partial charge is 0.469 e. The minimum atomic E-state index is -4.38. The van der Waals surface area contributed by atoms with E-state index in [9.17, 15) is 19.0 Å². The molecule has 2 fully saturated rings. The zero-order valence-electron chi connectivity index (χ0n) is 33.2. The molecule has 34 heavy (non-hydrogen) atoms. The SMILES string of the molecule is [2H]C([2H])([2H])C([2H])(C([2H])([2H])[2H])[C@@]1([2H])N(C(=O)CCC(=O)OC)C([2H])([2H])C([2H])([2H])N(c2nc(C3CC3)c3c(c2C#N)CC(C)(C)OC3)C1([2H])[2H]. The highest BCUT2D eigenvalue weighted by Crippen LogP contribution is 2.46. The van der Waals surface area contributed by atoms with Gasteiger partial charge in [0, 0.05) is 53.4 Å². The van der Waals surface area contributed by atoms with Crippen LogP contribution in [0.3, 0.4) is 0 Å². The topological polar surface area (TPSA) is 95.8 Å². The predicted molar refractivity (Wildman–Crippen MR) is 127 cm³/mol. The fraction of sp³-hybridized carbons (Fsp3) is 0.692. The van der Waals surface area contributed by atoms with E-state index in [0.29, 0.717) is 18.4 Å². The van der Waals surface area contributed by atoms with Gasteiger partial charge in [0.2, 0.25) is 5.91 Å². The van der Waals surface area contributed by atoms with E-state index < -0.39 is 91.7 Å². The first-order chi connectivity index (χ1) is 21.6. The Hall–Kier alpha value is -2.66. The molecule has 0 radical (unpaired) electrons. The Balaban J connectivity index is 2.17. The minimum absolute atomic E-state index is 0.0183. The number of hydrogen-bond donors (Lipinski definition) is 0. The lowest BCUT2D eigenvalue weighted by molar-refractivity contribution is -0.144. The number of pyridine rings is 1. The molecule has 1 aliphatic carbocycles. The molecule has 1 aromatic rings. The van der Waals surface area contributed by atoms with Crippen molar-refractivity contribution in [1.29, 1.82) is 5.26 Å². The molecule has 1 aromatic heterocycles. The summed E-state index contributed by atoms with van der Waals surface area (Å²) in [5, 5.41) is 10.5. The van der Waals surface area contributed by atoms with Crippen LogP contribution < -0.4 is 4.90 Å². The van der Waals surface area contributed by atoms with Crippen molar-refractivity contribution < 1.29 is 38.3 Å². The molecule has 1 amide bonds. The number of rotatable bonds is 6. The number of piperazine rings is 1. The summed E-state index contributed by atoms with van der Waals surface area (Å²) in [6, 6.07) is -2.47. The number of nitrogens with zero attached hydrogens (tertiary/aromatic N) is 4. The summed E-state index contributed by atoms with van der Waals surface area (Å²) < 4.78 is 132. The van der Waals surface area contributed by atoms with Gasteiger partial charge in [-0.3, -0.25) is 9.59 Å². The minimum Gasteiger partial charge on any atom is -0.469 e. The van der Waals surface area contributed by atoms with Crippen molar-refractivity contribution in [3.05, 3.63) is 22.4 Å². The van der Waals surface area contributed by atoms with E-state index in [0.717, 1.165) is 7.11 Å². The normalized spacial score (nSPS) is 35.5. The molecule has 3 aliphatic rings. The molecule has 4 rings (SSSR count). The maximum atomic E-state index is 13.8. The highest BCUT2D eigenvalue weighted by atomic mass is 16.5. The predicted octanol–water partition coefficient (Wildman–Crippen LogP) is 3.31. The van der Waals surface area contributed by atoms with Gasteiger partial charge >= 0.3 is 5.97 Å². The van der Waals surface area contributed by atoms with Crippen LogP contribution in [0.5, 0.6) is 0 Å². The molecule has 8 heteroatoms. The second-order valence-corrected chi connectivity index (χ2v) is 8.96. The van der Waals surface area contributed by atoms with Gasteiger partial charge in [-0.25, -0.2) is 4.98 Å². The van der Waals surface area contributed by atoms with Gasteiger partial charge in [0.1, 0.15) is 11.9 Å². The van der Waals surface area contributed by atoms with Crippen molar-refractivity contribution in [2.24, 2.45) is 5.89 Å². The molecule has 0 unspecified atom stereocenters. The van der Waals surface area contributed by atoms with Gasteiger partial charge in [0.25, 0.3) is 0 Å². The Kier molecular flexibility index (Phi) is 3.46. The molecule has 1 atom stereocenters. The van der Waals surface area contributed by atoms with Crippen LogP contribution in [0.4, 0.5) is 5.82 Å². The average Bonchev–Trinajstić information content (AvgIpc) is 3.77. The third kappa shape index (κ3) is 4.90. The van der Waals surface area contributed by atoms with E-state index in [4.69, 9.17) is 19.8 Å². The summed E-state index contributed by atoms with van der Waals surface area (Å²) in [6.45, 7) is -16.8.